The maximum Gasteiger partial charge on any atom is 0.0378 e. The smallest absolute Gasteiger partial charge is 0.0378 e. The minimum absolute atomic E-state index is 0.0448. The maximum atomic E-state index is 6.35. The molecule has 0 saturated heterocycles. The van der Waals surface area contributed by atoms with Gasteiger partial charge in [0.25, 0.3) is 0 Å². The van der Waals surface area contributed by atoms with Crippen LogP contribution in [0.3, 0.4) is 0 Å². The van der Waals surface area contributed by atoms with Gasteiger partial charge in [0.2, 0.25) is 0 Å². The molecular formula is C27H29N. The zero-order valence-electron chi connectivity index (χ0n) is 17.3. The van der Waals surface area contributed by atoms with Gasteiger partial charge in [-0.05, 0) is 52.3 Å². The van der Waals surface area contributed by atoms with Crippen LogP contribution in [0.5, 0.6) is 0 Å². The Morgan fingerprint density at radius 1 is 0.821 bits per heavy atom. The lowest BCUT2D eigenvalue weighted by Crippen LogP contribution is -2.31. The molecule has 1 aliphatic carbocycles. The second-order valence-electron chi connectivity index (χ2n) is 8.70. The molecular weight excluding hydrogens is 338 g/mol. The average Bonchev–Trinajstić information content (AvgIpc) is 2.94. The fourth-order valence-corrected chi connectivity index (χ4v) is 4.20. The van der Waals surface area contributed by atoms with Crippen molar-refractivity contribution in [1.29, 1.82) is 0 Å². The van der Waals surface area contributed by atoms with Gasteiger partial charge < -0.3 is 5.73 Å². The third kappa shape index (κ3) is 3.10. The van der Waals surface area contributed by atoms with Crippen LogP contribution >= 0.6 is 0 Å². The first kappa shape index (κ1) is 18.7. The molecule has 0 saturated carbocycles. The highest BCUT2D eigenvalue weighted by atomic mass is 14.7. The highest BCUT2D eigenvalue weighted by Gasteiger charge is 2.34. The molecule has 1 unspecified atom stereocenters. The molecule has 0 radical (unpaired) electrons. The summed E-state index contributed by atoms with van der Waals surface area (Å²) >= 11 is 0. The number of hydrogen-bond donors (Lipinski definition) is 1. The number of fused-ring (bicyclic) bond motifs is 3. The Labute approximate surface area is 168 Å². The second-order valence-corrected chi connectivity index (χ2v) is 8.70. The van der Waals surface area contributed by atoms with Gasteiger partial charge in [-0.25, -0.2) is 0 Å². The summed E-state index contributed by atoms with van der Waals surface area (Å²) in [6, 6.07) is 24.2. The third-order valence-electron chi connectivity index (χ3n) is 6.38. The molecule has 3 aromatic rings. The van der Waals surface area contributed by atoms with Crippen LogP contribution in [0.25, 0.3) is 23.3 Å². The minimum atomic E-state index is -0.261. The molecule has 3 aromatic carbocycles. The monoisotopic (exact) mass is 367 g/mol. The molecule has 1 nitrogen and oxygen atoms in total. The summed E-state index contributed by atoms with van der Waals surface area (Å²) in [5, 5.41) is 0. The number of benzene rings is 3. The zero-order valence-corrected chi connectivity index (χ0v) is 17.3. The van der Waals surface area contributed by atoms with Crippen molar-refractivity contribution >= 4 is 12.2 Å². The number of nitrogens with two attached hydrogens (primary N) is 1. The van der Waals surface area contributed by atoms with Gasteiger partial charge in [0, 0.05) is 11.0 Å². The third-order valence-corrected chi connectivity index (χ3v) is 6.38. The van der Waals surface area contributed by atoms with E-state index in [1.165, 1.54) is 38.9 Å². The van der Waals surface area contributed by atoms with Crippen LogP contribution in [-0.4, -0.2) is 0 Å². The maximum absolute atomic E-state index is 6.35. The van der Waals surface area contributed by atoms with Crippen LogP contribution in [0, 0.1) is 0 Å². The van der Waals surface area contributed by atoms with E-state index in [-0.39, 0.29) is 11.0 Å². The predicted molar refractivity (Wildman–Crippen MR) is 121 cm³/mol. The summed E-state index contributed by atoms with van der Waals surface area (Å²) < 4.78 is 0. The van der Waals surface area contributed by atoms with Crippen molar-refractivity contribution < 1.29 is 0 Å². The van der Waals surface area contributed by atoms with E-state index in [2.05, 4.69) is 107 Å². The Balaban J connectivity index is 1.62. The molecule has 1 atom stereocenters. The quantitative estimate of drug-likeness (QED) is 0.507. The molecule has 0 spiro atoms. The molecule has 0 amide bonds. The summed E-state index contributed by atoms with van der Waals surface area (Å²) in [5.41, 5.74) is 15.3. The second kappa shape index (κ2) is 6.76. The molecule has 0 fully saturated rings. The summed E-state index contributed by atoms with van der Waals surface area (Å²) in [7, 11) is 0. The highest BCUT2D eigenvalue weighted by molar-refractivity contribution is 5.82. The standard InChI is InChI=1S/C27H29N/c1-5-27(4,28)21-15-12-19(13-16-21)10-11-20-14-17-23-22-8-6-7-9-24(22)26(2,3)25(23)18-20/h6-18H,5,28H2,1-4H3/b11-10+. The van der Waals surface area contributed by atoms with Crippen LogP contribution in [0.4, 0.5) is 0 Å². The lowest BCUT2D eigenvalue weighted by molar-refractivity contribution is 0.476. The Bertz CT molecular complexity index is 1040. The van der Waals surface area contributed by atoms with Crippen molar-refractivity contribution in [2.45, 2.75) is 45.1 Å². The lowest BCUT2D eigenvalue weighted by Gasteiger charge is -2.23. The van der Waals surface area contributed by atoms with Gasteiger partial charge in [0.15, 0.2) is 0 Å². The Kier molecular flexibility index (Phi) is 4.51. The van der Waals surface area contributed by atoms with Gasteiger partial charge in [0.05, 0.1) is 0 Å². The van der Waals surface area contributed by atoms with Crippen molar-refractivity contribution in [1.82, 2.24) is 0 Å². The van der Waals surface area contributed by atoms with Crippen LogP contribution in [0.1, 0.15) is 61.9 Å². The van der Waals surface area contributed by atoms with Crippen molar-refractivity contribution in [3.63, 3.8) is 0 Å². The van der Waals surface area contributed by atoms with E-state index in [4.69, 9.17) is 5.73 Å². The number of hydrogen-bond acceptors (Lipinski definition) is 1. The molecule has 1 heteroatoms. The Morgan fingerprint density at radius 3 is 2.14 bits per heavy atom. The van der Waals surface area contributed by atoms with Crippen LogP contribution in [0.2, 0.25) is 0 Å². The topological polar surface area (TPSA) is 26.0 Å². The fourth-order valence-electron chi connectivity index (χ4n) is 4.20. The molecule has 2 N–H and O–H groups in total. The van der Waals surface area contributed by atoms with E-state index in [0.29, 0.717) is 0 Å². The van der Waals surface area contributed by atoms with E-state index in [0.717, 1.165) is 6.42 Å². The van der Waals surface area contributed by atoms with E-state index in [9.17, 15) is 0 Å². The van der Waals surface area contributed by atoms with Gasteiger partial charge >= 0.3 is 0 Å². The average molecular weight is 368 g/mol. The zero-order chi connectivity index (χ0) is 19.9. The van der Waals surface area contributed by atoms with Crippen molar-refractivity contribution in [2.24, 2.45) is 5.73 Å². The van der Waals surface area contributed by atoms with E-state index < -0.39 is 0 Å². The number of rotatable bonds is 4. The van der Waals surface area contributed by atoms with Crippen LogP contribution in [-0.2, 0) is 11.0 Å². The van der Waals surface area contributed by atoms with E-state index in [1.54, 1.807) is 0 Å². The predicted octanol–water partition coefficient (Wildman–Crippen LogP) is 6.75. The molecule has 0 aromatic heterocycles. The molecule has 0 heterocycles. The van der Waals surface area contributed by atoms with Crippen LogP contribution in [0.15, 0.2) is 66.7 Å². The molecule has 28 heavy (non-hydrogen) atoms. The summed E-state index contributed by atoms with van der Waals surface area (Å²) in [5.74, 6) is 0. The van der Waals surface area contributed by atoms with Gasteiger partial charge in [-0.2, -0.15) is 0 Å². The van der Waals surface area contributed by atoms with E-state index in [1.807, 2.05) is 0 Å². The van der Waals surface area contributed by atoms with E-state index >= 15 is 0 Å². The molecule has 1 aliphatic rings. The summed E-state index contributed by atoms with van der Waals surface area (Å²) in [6.45, 7) is 8.85. The SMILES string of the molecule is CCC(C)(N)c1ccc(/C=C/c2ccc3c(c2)C(C)(C)c2ccccc2-3)cc1. The van der Waals surface area contributed by atoms with Crippen molar-refractivity contribution in [2.75, 3.05) is 0 Å². The minimum Gasteiger partial charge on any atom is -0.322 e. The summed E-state index contributed by atoms with van der Waals surface area (Å²) in [6.07, 6.45) is 5.31. The van der Waals surface area contributed by atoms with Gasteiger partial charge in [-0.1, -0.05) is 99.7 Å². The van der Waals surface area contributed by atoms with Gasteiger partial charge in [0.1, 0.15) is 0 Å². The first-order valence-corrected chi connectivity index (χ1v) is 10.1. The molecule has 142 valence electrons. The lowest BCUT2D eigenvalue weighted by atomic mass is 9.82. The van der Waals surface area contributed by atoms with Gasteiger partial charge in [-0.15, -0.1) is 0 Å². The fraction of sp³-hybridized carbons (Fsp3) is 0.259. The molecule has 0 aliphatic heterocycles. The summed E-state index contributed by atoms with van der Waals surface area (Å²) in [4.78, 5) is 0. The first-order chi connectivity index (χ1) is 13.3. The van der Waals surface area contributed by atoms with Crippen LogP contribution < -0.4 is 5.73 Å². The first-order valence-electron chi connectivity index (χ1n) is 10.1. The Morgan fingerprint density at radius 2 is 1.43 bits per heavy atom. The normalized spacial score (nSPS) is 16.6. The van der Waals surface area contributed by atoms with Crippen molar-refractivity contribution in [3.05, 3.63) is 94.5 Å². The van der Waals surface area contributed by atoms with Gasteiger partial charge in [-0.3, -0.25) is 0 Å². The molecule has 0 bridgehead atoms. The van der Waals surface area contributed by atoms with Crippen molar-refractivity contribution in [3.8, 4) is 11.1 Å². The Hall–Kier alpha value is -2.64. The molecule has 4 rings (SSSR count). The highest BCUT2D eigenvalue weighted by Crippen LogP contribution is 2.48. The largest absolute Gasteiger partial charge is 0.322 e.